The number of nitrogens with one attached hydrogen (secondary N) is 2. The highest BCUT2D eigenvalue weighted by Gasteiger charge is 2.23. The first-order chi connectivity index (χ1) is 16.8. The van der Waals surface area contributed by atoms with Gasteiger partial charge < -0.3 is 14.5 Å². The summed E-state index contributed by atoms with van der Waals surface area (Å²) in [4.78, 5) is 23.8. The Labute approximate surface area is 210 Å². The van der Waals surface area contributed by atoms with E-state index in [4.69, 9.17) is 21.1 Å². The number of benzene rings is 2. The maximum atomic E-state index is 13.2. The highest BCUT2D eigenvalue weighted by atomic mass is 35.5. The van der Waals surface area contributed by atoms with Crippen LogP contribution in [0.2, 0.25) is 5.15 Å². The number of hydrogen-bond donors (Lipinski definition) is 2. The van der Waals surface area contributed by atoms with Gasteiger partial charge in [-0.05, 0) is 48.7 Å². The second-order valence-electron chi connectivity index (χ2n) is 6.99. The number of halogens is 1. The summed E-state index contributed by atoms with van der Waals surface area (Å²) in [5.41, 5.74) is -0.0446. The largest absolute Gasteiger partial charge is 0.493 e. The second-order valence-corrected chi connectivity index (χ2v) is 9.91. The highest BCUT2D eigenvalue weighted by Crippen LogP contribution is 2.40. The lowest BCUT2D eigenvalue weighted by Crippen LogP contribution is -2.15. The average molecular weight is 531 g/mol. The Hall–Kier alpha value is -3.54. The first-order valence-electron chi connectivity index (χ1n) is 10.0. The summed E-state index contributed by atoms with van der Waals surface area (Å²) in [6, 6.07) is 15.9. The van der Waals surface area contributed by atoms with Gasteiger partial charge in [-0.2, -0.15) is 0 Å². The summed E-state index contributed by atoms with van der Waals surface area (Å²) in [5, 5.41) is -0.170. The molecule has 0 unspecified atom stereocenters. The molecule has 0 fully saturated rings. The zero-order chi connectivity index (χ0) is 25.0. The van der Waals surface area contributed by atoms with Crippen LogP contribution in [-0.4, -0.2) is 36.7 Å². The Balaban J connectivity index is 1.83. The molecular formula is C23H19ClN4O5S2. The molecule has 2 aromatic heterocycles. The van der Waals surface area contributed by atoms with E-state index in [1.807, 2.05) is 6.26 Å². The van der Waals surface area contributed by atoms with Crippen LogP contribution in [0.25, 0.3) is 11.4 Å². The van der Waals surface area contributed by atoms with Crippen molar-refractivity contribution in [2.75, 3.05) is 18.1 Å². The van der Waals surface area contributed by atoms with Gasteiger partial charge in [0.25, 0.3) is 10.0 Å². The van der Waals surface area contributed by atoms with Crippen LogP contribution in [0.1, 0.15) is 0 Å². The van der Waals surface area contributed by atoms with Crippen molar-refractivity contribution < 1.29 is 17.9 Å². The maximum Gasteiger partial charge on any atom is 0.263 e. The van der Waals surface area contributed by atoms with Gasteiger partial charge >= 0.3 is 0 Å². The third kappa shape index (κ3) is 5.59. The number of ether oxygens (including phenoxy) is 2. The normalized spacial score (nSPS) is 11.2. The molecule has 180 valence electrons. The number of aromatic nitrogens is 3. The molecule has 2 heterocycles. The Kier molecular flexibility index (Phi) is 7.29. The van der Waals surface area contributed by atoms with E-state index in [-0.39, 0.29) is 38.7 Å². The topological polar surface area (TPSA) is 123 Å². The molecule has 0 amide bonds. The van der Waals surface area contributed by atoms with E-state index in [9.17, 15) is 13.2 Å². The number of rotatable bonds is 8. The van der Waals surface area contributed by atoms with Gasteiger partial charge in [0.15, 0.2) is 28.3 Å². The van der Waals surface area contributed by atoms with E-state index in [1.165, 1.54) is 43.3 Å². The first-order valence-corrected chi connectivity index (χ1v) is 13.1. The molecule has 0 atom stereocenters. The molecule has 2 N–H and O–H groups in total. The first kappa shape index (κ1) is 24.6. The van der Waals surface area contributed by atoms with E-state index in [0.717, 1.165) is 4.90 Å². The lowest BCUT2D eigenvalue weighted by Gasteiger charge is -2.16. The molecule has 9 nitrogen and oxygen atoms in total. The van der Waals surface area contributed by atoms with Crippen molar-refractivity contribution in [1.29, 1.82) is 0 Å². The predicted molar refractivity (Wildman–Crippen MR) is 135 cm³/mol. The second kappa shape index (κ2) is 10.4. The predicted octanol–water partition coefficient (Wildman–Crippen LogP) is 4.81. The van der Waals surface area contributed by atoms with E-state index < -0.39 is 10.0 Å². The number of para-hydroxylation sites is 2. The molecule has 35 heavy (non-hydrogen) atoms. The van der Waals surface area contributed by atoms with Crippen molar-refractivity contribution in [3.05, 3.63) is 82.4 Å². The van der Waals surface area contributed by atoms with Crippen LogP contribution < -0.4 is 19.8 Å². The molecule has 0 radical (unpaired) electrons. The number of sulfonamides is 1. The fraction of sp³-hybridized carbons (Fsp3) is 0.0870. The molecule has 2 aromatic carbocycles. The van der Waals surface area contributed by atoms with Crippen LogP contribution >= 0.6 is 23.4 Å². The number of aromatic amines is 1. The van der Waals surface area contributed by atoms with Crippen LogP contribution in [-0.2, 0) is 10.0 Å². The van der Waals surface area contributed by atoms with Crippen LogP contribution in [0.5, 0.6) is 17.2 Å². The summed E-state index contributed by atoms with van der Waals surface area (Å²) >= 11 is 7.93. The Morgan fingerprint density at radius 2 is 1.74 bits per heavy atom. The molecule has 0 saturated heterocycles. The van der Waals surface area contributed by atoms with Crippen molar-refractivity contribution in [2.24, 2.45) is 0 Å². The highest BCUT2D eigenvalue weighted by molar-refractivity contribution is 7.98. The van der Waals surface area contributed by atoms with E-state index in [2.05, 4.69) is 19.7 Å². The van der Waals surface area contributed by atoms with Gasteiger partial charge in [0.2, 0.25) is 11.3 Å². The number of pyridine rings is 1. The fourth-order valence-electron chi connectivity index (χ4n) is 3.05. The zero-order valence-corrected chi connectivity index (χ0v) is 20.9. The number of H-pyrrole nitrogens is 1. The van der Waals surface area contributed by atoms with Crippen molar-refractivity contribution in [3.8, 4) is 28.6 Å². The Bertz CT molecular complexity index is 1530. The lowest BCUT2D eigenvalue weighted by atomic mass is 10.2. The van der Waals surface area contributed by atoms with Crippen molar-refractivity contribution in [3.63, 3.8) is 0 Å². The monoisotopic (exact) mass is 530 g/mol. The van der Waals surface area contributed by atoms with E-state index in [0.29, 0.717) is 11.3 Å². The van der Waals surface area contributed by atoms with Gasteiger partial charge in [0.1, 0.15) is 0 Å². The molecule has 0 aliphatic carbocycles. The van der Waals surface area contributed by atoms with E-state index in [1.54, 1.807) is 42.5 Å². The third-order valence-electron chi connectivity index (χ3n) is 4.74. The van der Waals surface area contributed by atoms with E-state index >= 15 is 0 Å². The molecule has 0 spiro atoms. The average Bonchev–Trinajstić information content (AvgIpc) is 2.86. The minimum Gasteiger partial charge on any atom is -0.493 e. The number of thioether (sulfide) groups is 1. The molecule has 4 rings (SSSR count). The minimum atomic E-state index is -4.08. The van der Waals surface area contributed by atoms with Gasteiger partial charge in [0, 0.05) is 22.7 Å². The molecule has 0 aliphatic rings. The summed E-state index contributed by atoms with van der Waals surface area (Å²) in [6.07, 6.45) is 3.31. The zero-order valence-electron chi connectivity index (χ0n) is 18.5. The molecule has 0 aliphatic heterocycles. The van der Waals surface area contributed by atoms with Crippen LogP contribution in [0.15, 0.2) is 81.4 Å². The van der Waals surface area contributed by atoms with Crippen molar-refractivity contribution >= 4 is 39.2 Å². The van der Waals surface area contributed by atoms with Crippen LogP contribution in [0.4, 0.5) is 5.82 Å². The van der Waals surface area contributed by atoms with Crippen molar-refractivity contribution in [1.82, 2.24) is 15.0 Å². The Morgan fingerprint density at radius 1 is 1.03 bits per heavy atom. The molecule has 12 heteroatoms. The molecule has 4 aromatic rings. The van der Waals surface area contributed by atoms with Gasteiger partial charge in [-0.15, -0.1) is 11.8 Å². The molecular weight excluding hydrogens is 512 g/mol. The standard InChI is InChI=1S/C23H19ClN4O5S2/c1-32-17-5-3-4-6-18(17)33-20-21(24)26-22(14-11-12-25-19(29)13-14)27-23(20)28-35(30,31)16-9-7-15(34-2)8-10-16/h3-13H,1-2H3,(H,25,29)(H,26,27,28). The summed E-state index contributed by atoms with van der Waals surface area (Å²) in [5.74, 6) is 0.357. The third-order valence-corrected chi connectivity index (χ3v) is 7.09. The SMILES string of the molecule is COc1ccccc1Oc1c(Cl)nc(-c2cc[nH]c(=O)c2)nc1NS(=O)(=O)c1ccc(SC)cc1. The van der Waals surface area contributed by atoms with Crippen LogP contribution in [0, 0.1) is 0 Å². The summed E-state index contributed by atoms with van der Waals surface area (Å²) in [6.45, 7) is 0. The molecule has 0 bridgehead atoms. The minimum absolute atomic E-state index is 0.0194. The van der Waals surface area contributed by atoms with Crippen LogP contribution in [0.3, 0.4) is 0 Å². The number of hydrogen-bond acceptors (Lipinski definition) is 8. The van der Waals surface area contributed by atoms with Gasteiger partial charge in [-0.3, -0.25) is 9.52 Å². The molecule has 0 saturated carbocycles. The lowest BCUT2D eigenvalue weighted by molar-refractivity contribution is 0.378. The summed E-state index contributed by atoms with van der Waals surface area (Å²) in [7, 11) is -2.61. The van der Waals surface area contributed by atoms with Gasteiger partial charge in [-0.1, -0.05) is 23.7 Å². The number of methoxy groups -OCH3 is 1. The quantitative estimate of drug-likeness (QED) is 0.246. The van der Waals surface area contributed by atoms with Gasteiger partial charge in [0.05, 0.1) is 12.0 Å². The van der Waals surface area contributed by atoms with Gasteiger partial charge in [-0.25, -0.2) is 18.4 Å². The fourth-order valence-corrected chi connectivity index (χ4v) is 4.67. The van der Waals surface area contributed by atoms with Crippen molar-refractivity contribution in [2.45, 2.75) is 9.79 Å². The summed E-state index contributed by atoms with van der Waals surface area (Å²) < 4.78 is 40.0. The number of nitrogens with zero attached hydrogens (tertiary/aromatic N) is 2. The smallest absolute Gasteiger partial charge is 0.263 e. The number of anilines is 1. The Morgan fingerprint density at radius 3 is 2.40 bits per heavy atom. The maximum absolute atomic E-state index is 13.2.